The van der Waals surface area contributed by atoms with Crippen LogP contribution in [-0.4, -0.2) is 23.1 Å². The zero-order valence-corrected chi connectivity index (χ0v) is 14.0. The number of esters is 1. The highest BCUT2D eigenvalue weighted by atomic mass is 16.5. The molecule has 2 aromatic carbocycles. The van der Waals surface area contributed by atoms with Crippen LogP contribution in [0.4, 0.5) is 5.69 Å². The minimum absolute atomic E-state index is 0.0435. The SMILES string of the molecule is CCc1ccc(NC(=O)[C@@H](C)OC(=O)c2cc(C)ccc2O)cc1. The lowest BCUT2D eigenvalue weighted by molar-refractivity contribution is -0.123. The van der Waals surface area contributed by atoms with Gasteiger partial charge in [-0.1, -0.05) is 30.7 Å². The monoisotopic (exact) mass is 327 g/mol. The molecule has 2 rings (SSSR count). The van der Waals surface area contributed by atoms with Gasteiger partial charge in [0.05, 0.1) is 0 Å². The Balaban J connectivity index is 2.00. The number of ether oxygens (including phenoxy) is 1. The van der Waals surface area contributed by atoms with E-state index < -0.39 is 18.0 Å². The van der Waals surface area contributed by atoms with Crippen LogP contribution in [0.3, 0.4) is 0 Å². The summed E-state index contributed by atoms with van der Waals surface area (Å²) < 4.78 is 5.14. The van der Waals surface area contributed by atoms with Crippen LogP contribution in [0.25, 0.3) is 0 Å². The van der Waals surface area contributed by atoms with Crippen LogP contribution >= 0.6 is 0 Å². The average Bonchev–Trinajstić information content (AvgIpc) is 2.57. The molecule has 5 nitrogen and oxygen atoms in total. The third-order valence-corrected chi connectivity index (χ3v) is 3.65. The molecule has 1 amide bonds. The summed E-state index contributed by atoms with van der Waals surface area (Å²) in [5, 5.41) is 12.4. The van der Waals surface area contributed by atoms with E-state index in [1.165, 1.54) is 24.6 Å². The van der Waals surface area contributed by atoms with Crippen LogP contribution in [0.2, 0.25) is 0 Å². The predicted octanol–water partition coefficient (Wildman–Crippen LogP) is 3.45. The van der Waals surface area contributed by atoms with E-state index in [9.17, 15) is 14.7 Å². The number of phenolic OH excluding ortho intramolecular Hbond substituents is 1. The van der Waals surface area contributed by atoms with Gasteiger partial charge in [0.25, 0.3) is 5.91 Å². The van der Waals surface area contributed by atoms with Crippen LogP contribution in [0.5, 0.6) is 5.75 Å². The van der Waals surface area contributed by atoms with Gasteiger partial charge in [-0.05, 0) is 50.1 Å². The Labute approximate surface area is 141 Å². The highest BCUT2D eigenvalue weighted by molar-refractivity contribution is 5.98. The van der Waals surface area contributed by atoms with Crippen LogP contribution in [-0.2, 0) is 16.0 Å². The van der Waals surface area contributed by atoms with Gasteiger partial charge in [-0.25, -0.2) is 4.79 Å². The van der Waals surface area contributed by atoms with Gasteiger partial charge in [0.2, 0.25) is 0 Å². The molecule has 0 unspecified atom stereocenters. The molecular formula is C19H21NO4. The molecule has 1 atom stereocenters. The third-order valence-electron chi connectivity index (χ3n) is 3.65. The highest BCUT2D eigenvalue weighted by Crippen LogP contribution is 2.20. The van der Waals surface area contributed by atoms with Gasteiger partial charge in [-0.15, -0.1) is 0 Å². The number of aromatic hydroxyl groups is 1. The van der Waals surface area contributed by atoms with E-state index >= 15 is 0 Å². The lowest BCUT2D eigenvalue weighted by Gasteiger charge is -2.14. The molecule has 2 aromatic rings. The first-order chi connectivity index (χ1) is 11.4. The van der Waals surface area contributed by atoms with E-state index in [1.807, 2.05) is 12.1 Å². The molecule has 0 bridgehead atoms. The maximum absolute atomic E-state index is 12.1. The van der Waals surface area contributed by atoms with Crippen molar-refractivity contribution in [1.82, 2.24) is 0 Å². The standard InChI is InChI=1S/C19H21NO4/c1-4-14-6-8-15(9-7-14)20-18(22)13(3)24-19(23)16-11-12(2)5-10-17(16)21/h5-11,13,21H,4H2,1-3H3,(H,20,22)/t13-/m1/s1. The molecule has 0 heterocycles. The second kappa shape index (κ2) is 7.64. The molecule has 0 radical (unpaired) electrons. The first kappa shape index (κ1) is 17.5. The fraction of sp³-hybridized carbons (Fsp3) is 0.263. The minimum Gasteiger partial charge on any atom is -0.507 e. The van der Waals surface area contributed by atoms with Gasteiger partial charge in [0, 0.05) is 5.69 Å². The fourth-order valence-electron chi connectivity index (χ4n) is 2.16. The first-order valence-electron chi connectivity index (χ1n) is 7.81. The van der Waals surface area contributed by atoms with E-state index in [4.69, 9.17) is 4.74 Å². The van der Waals surface area contributed by atoms with Gasteiger partial charge >= 0.3 is 5.97 Å². The third kappa shape index (κ3) is 4.35. The first-order valence-corrected chi connectivity index (χ1v) is 7.81. The van der Waals surface area contributed by atoms with Gasteiger partial charge < -0.3 is 15.2 Å². The number of anilines is 1. The summed E-state index contributed by atoms with van der Waals surface area (Å²) in [7, 11) is 0. The van der Waals surface area contributed by atoms with Crippen LogP contribution < -0.4 is 5.32 Å². The minimum atomic E-state index is -0.983. The van der Waals surface area contributed by atoms with Crippen molar-refractivity contribution in [3.05, 3.63) is 59.2 Å². The molecule has 0 aliphatic rings. The zero-order chi connectivity index (χ0) is 17.7. The summed E-state index contributed by atoms with van der Waals surface area (Å²) in [4.78, 5) is 24.2. The van der Waals surface area contributed by atoms with Crippen LogP contribution in [0.1, 0.15) is 35.3 Å². The fourth-order valence-corrected chi connectivity index (χ4v) is 2.16. The molecule has 0 aliphatic heterocycles. The summed E-state index contributed by atoms with van der Waals surface area (Å²) in [6.45, 7) is 5.34. The van der Waals surface area contributed by atoms with E-state index in [1.54, 1.807) is 25.1 Å². The smallest absolute Gasteiger partial charge is 0.342 e. The number of aryl methyl sites for hydroxylation is 2. The number of nitrogens with one attached hydrogen (secondary N) is 1. The quantitative estimate of drug-likeness (QED) is 0.825. The average molecular weight is 327 g/mol. The number of carbonyl (C=O) groups is 2. The molecule has 0 aliphatic carbocycles. The van der Waals surface area contributed by atoms with Gasteiger partial charge in [0.15, 0.2) is 6.10 Å². The molecule has 0 fully saturated rings. The number of phenols is 1. The van der Waals surface area contributed by atoms with Crippen molar-refractivity contribution in [2.24, 2.45) is 0 Å². The molecule has 0 saturated carbocycles. The topological polar surface area (TPSA) is 75.6 Å². The summed E-state index contributed by atoms with van der Waals surface area (Å²) in [5.74, 6) is -1.34. The van der Waals surface area contributed by atoms with Crippen molar-refractivity contribution in [2.45, 2.75) is 33.3 Å². The van der Waals surface area contributed by atoms with Gasteiger partial charge in [-0.2, -0.15) is 0 Å². The Bertz CT molecular complexity index is 738. The molecule has 0 spiro atoms. The Morgan fingerprint density at radius 3 is 2.46 bits per heavy atom. The summed E-state index contributed by atoms with van der Waals surface area (Å²) in [5.41, 5.74) is 2.66. The van der Waals surface area contributed by atoms with E-state index in [0.717, 1.165) is 12.0 Å². The zero-order valence-electron chi connectivity index (χ0n) is 14.0. The van der Waals surface area contributed by atoms with Gasteiger partial charge in [-0.3, -0.25) is 4.79 Å². The number of rotatable bonds is 5. The Kier molecular flexibility index (Phi) is 5.58. The molecule has 24 heavy (non-hydrogen) atoms. The van der Waals surface area contributed by atoms with Crippen molar-refractivity contribution in [1.29, 1.82) is 0 Å². The Morgan fingerprint density at radius 1 is 1.17 bits per heavy atom. The lowest BCUT2D eigenvalue weighted by Crippen LogP contribution is -2.30. The number of hydrogen-bond acceptors (Lipinski definition) is 4. The van der Waals surface area contributed by atoms with Crippen molar-refractivity contribution in [3.63, 3.8) is 0 Å². The lowest BCUT2D eigenvalue weighted by atomic mass is 10.1. The highest BCUT2D eigenvalue weighted by Gasteiger charge is 2.21. The molecule has 126 valence electrons. The van der Waals surface area contributed by atoms with Crippen LogP contribution in [0, 0.1) is 6.92 Å². The summed E-state index contributed by atoms with van der Waals surface area (Å²) in [6, 6.07) is 12.1. The molecule has 0 saturated heterocycles. The van der Waals surface area contributed by atoms with E-state index in [2.05, 4.69) is 12.2 Å². The Morgan fingerprint density at radius 2 is 1.83 bits per heavy atom. The number of benzene rings is 2. The molecule has 0 aromatic heterocycles. The maximum Gasteiger partial charge on any atom is 0.342 e. The number of amides is 1. The number of hydrogen-bond donors (Lipinski definition) is 2. The van der Waals surface area contributed by atoms with Crippen molar-refractivity contribution in [3.8, 4) is 5.75 Å². The molecule has 5 heteroatoms. The van der Waals surface area contributed by atoms with Crippen molar-refractivity contribution < 1.29 is 19.4 Å². The second-order valence-corrected chi connectivity index (χ2v) is 5.61. The Hall–Kier alpha value is -2.82. The van der Waals surface area contributed by atoms with Crippen LogP contribution in [0.15, 0.2) is 42.5 Å². The normalized spacial score (nSPS) is 11.6. The number of carbonyl (C=O) groups excluding carboxylic acids is 2. The maximum atomic E-state index is 12.1. The van der Waals surface area contributed by atoms with E-state index in [-0.39, 0.29) is 11.3 Å². The molecule has 2 N–H and O–H groups in total. The summed E-state index contributed by atoms with van der Waals surface area (Å²) in [6.07, 6.45) is -0.0642. The predicted molar refractivity (Wildman–Crippen MR) is 92.2 cm³/mol. The van der Waals surface area contributed by atoms with Crippen molar-refractivity contribution >= 4 is 17.6 Å². The molecular weight excluding hydrogens is 306 g/mol. The summed E-state index contributed by atoms with van der Waals surface area (Å²) >= 11 is 0. The van der Waals surface area contributed by atoms with Gasteiger partial charge in [0.1, 0.15) is 11.3 Å². The van der Waals surface area contributed by atoms with Crippen molar-refractivity contribution in [2.75, 3.05) is 5.32 Å². The largest absolute Gasteiger partial charge is 0.507 e. The van der Waals surface area contributed by atoms with E-state index in [0.29, 0.717) is 5.69 Å². The second-order valence-electron chi connectivity index (χ2n) is 5.61.